The van der Waals surface area contributed by atoms with Gasteiger partial charge in [0.05, 0.1) is 6.26 Å². The van der Waals surface area contributed by atoms with Gasteiger partial charge < -0.3 is 4.42 Å². The average molecular weight is 305 g/mol. The first-order chi connectivity index (χ1) is 10.0. The van der Waals surface area contributed by atoms with E-state index in [1.54, 1.807) is 12.3 Å². The van der Waals surface area contributed by atoms with E-state index >= 15 is 0 Å². The molecule has 0 saturated carbocycles. The van der Waals surface area contributed by atoms with Crippen molar-refractivity contribution in [1.82, 2.24) is 4.31 Å². The number of benzene rings is 1. The molecule has 2 rings (SSSR count). The molecule has 112 valence electrons. The van der Waals surface area contributed by atoms with Crippen LogP contribution in [0, 0.1) is 0 Å². The van der Waals surface area contributed by atoms with Crippen LogP contribution >= 0.6 is 0 Å². The molecule has 1 aromatic heterocycles. The molecule has 0 saturated heterocycles. The van der Waals surface area contributed by atoms with Crippen LogP contribution in [-0.2, 0) is 16.4 Å². The van der Waals surface area contributed by atoms with E-state index in [0.29, 0.717) is 13.0 Å². The number of furan rings is 1. The first-order valence-electron chi connectivity index (χ1n) is 6.76. The van der Waals surface area contributed by atoms with Crippen molar-refractivity contribution in [3.8, 4) is 0 Å². The summed E-state index contributed by atoms with van der Waals surface area (Å²) < 4.78 is 31.2. The predicted molar refractivity (Wildman–Crippen MR) is 83.1 cm³/mol. The van der Waals surface area contributed by atoms with Crippen LogP contribution in [0.3, 0.4) is 0 Å². The van der Waals surface area contributed by atoms with E-state index in [0.717, 1.165) is 16.7 Å². The summed E-state index contributed by atoms with van der Waals surface area (Å²) in [6, 6.07) is 12.9. The molecular weight excluding hydrogens is 286 g/mol. The van der Waals surface area contributed by atoms with Crippen LogP contribution in [0.25, 0.3) is 0 Å². The lowest BCUT2D eigenvalue weighted by Gasteiger charge is -2.27. The van der Waals surface area contributed by atoms with Crippen LogP contribution in [0.5, 0.6) is 0 Å². The second-order valence-corrected chi connectivity index (χ2v) is 6.57. The van der Waals surface area contributed by atoms with E-state index in [4.69, 9.17) is 4.42 Å². The van der Waals surface area contributed by atoms with E-state index in [1.165, 1.54) is 4.31 Å². The Morgan fingerprint density at radius 3 is 2.52 bits per heavy atom. The highest BCUT2D eigenvalue weighted by Crippen LogP contribution is 2.24. The molecule has 0 amide bonds. The topological polar surface area (TPSA) is 50.5 Å². The number of sulfonamides is 1. The Morgan fingerprint density at radius 1 is 1.24 bits per heavy atom. The van der Waals surface area contributed by atoms with Gasteiger partial charge in [-0.05, 0) is 24.6 Å². The summed E-state index contributed by atoms with van der Waals surface area (Å²) >= 11 is 0. The normalized spacial score (nSPS) is 13.2. The Kier molecular flexibility index (Phi) is 4.98. The predicted octanol–water partition coefficient (Wildman–Crippen LogP) is 3.36. The molecule has 1 atom stereocenters. The van der Waals surface area contributed by atoms with Gasteiger partial charge in [0.15, 0.2) is 0 Å². The molecule has 5 heteroatoms. The van der Waals surface area contributed by atoms with Gasteiger partial charge in [-0.2, -0.15) is 4.31 Å². The fourth-order valence-corrected chi connectivity index (χ4v) is 3.31. The van der Waals surface area contributed by atoms with Crippen molar-refractivity contribution in [2.24, 2.45) is 0 Å². The third-order valence-corrected chi connectivity index (χ3v) is 4.98. The van der Waals surface area contributed by atoms with Gasteiger partial charge in [0, 0.05) is 24.4 Å². The van der Waals surface area contributed by atoms with Crippen molar-refractivity contribution in [1.29, 1.82) is 0 Å². The Bertz CT molecular complexity index is 663. The molecule has 0 aliphatic heterocycles. The first kappa shape index (κ1) is 15.5. The molecule has 0 unspecified atom stereocenters. The smallest absolute Gasteiger partial charge is 0.236 e. The quantitative estimate of drug-likeness (QED) is 0.788. The standard InChI is InChI=1S/C16H19NO3S/c1-3-21(18,19)17(12-11-16-10-7-13-20-16)14(2)15-8-5-4-6-9-15/h3-10,13-14H,1,11-12H2,2H3/t14-/m0/s1. The largest absolute Gasteiger partial charge is 0.469 e. The van der Waals surface area contributed by atoms with Gasteiger partial charge >= 0.3 is 0 Å². The lowest BCUT2D eigenvalue weighted by Crippen LogP contribution is -2.33. The highest BCUT2D eigenvalue weighted by Gasteiger charge is 2.25. The van der Waals surface area contributed by atoms with Gasteiger partial charge in [-0.25, -0.2) is 8.42 Å². The minimum Gasteiger partial charge on any atom is -0.469 e. The minimum absolute atomic E-state index is 0.260. The summed E-state index contributed by atoms with van der Waals surface area (Å²) in [7, 11) is -3.51. The maximum Gasteiger partial charge on any atom is 0.236 e. The molecule has 0 spiro atoms. The fraction of sp³-hybridized carbons (Fsp3) is 0.250. The van der Waals surface area contributed by atoms with Crippen molar-refractivity contribution < 1.29 is 12.8 Å². The molecule has 4 nitrogen and oxygen atoms in total. The molecular formula is C16H19NO3S. The molecule has 0 fully saturated rings. The number of nitrogens with zero attached hydrogens (tertiary/aromatic N) is 1. The second kappa shape index (κ2) is 6.74. The fourth-order valence-electron chi connectivity index (χ4n) is 2.21. The summed E-state index contributed by atoms with van der Waals surface area (Å²) in [6.07, 6.45) is 2.11. The van der Waals surface area contributed by atoms with Gasteiger partial charge in [0.25, 0.3) is 0 Å². The summed E-state index contributed by atoms with van der Waals surface area (Å²) in [6.45, 7) is 5.64. The number of hydrogen-bond donors (Lipinski definition) is 0. The molecule has 2 aromatic rings. The minimum atomic E-state index is -3.51. The van der Waals surface area contributed by atoms with Crippen LogP contribution in [0.1, 0.15) is 24.3 Å². The van der Waals surface area contributed by atoms with E-state index in [-0.39, 0.29) is 6.04 Å². The van der Waals surface area contributed by atoms with Crippen molar-refractivity contribution >= 4 is 10.0 Å². The third kappa shape index (κ3) is 3.83. The summed E-state index contributed by atoms with van der Waals surface area (Å²) in [5.41, 5.74) is 0.947. The summed E-state index contributed by atoms with van der Waals surface area (Å²) in [5.74, 6) is 0.763. The molecule has 0 radical (unpaired) electrons. The van der Waals surface area contributed by atoms with E-state index in [2.05, 4.69) is 6.58 Å². The number of rotatable bonds is 7. The monoisotopic (exact) mass is 305 g/mol. The maximum absolute atomic E-state index is 12.3. The highest BCUT2D eigenvalue weighted by molar-refractivity contribution is 7.92. The van der Waals surface area contributed by atoms with Crippen molar-refractivity contribution in [2.45, 2.75) is 19.4 Å². The molecule has 0 bridgehead atoms. The van der Waals surface area contributed by atoms with Crippen LogP contribution in [-0.4, -0.2) is 19.3 Å². The maximum atomic E-state index is 12.3. The van der Waals surface area contributed by atoms with E-state index in [9.17, 15) is 8.42 Å². The van der Waals surface area contributed by atoms with Crippen LogP contribution < -0.4 is 0 Å². The zero-order chi connectivity index (χ0) is 15.3. The molecule has 1 heterocycles. The third-order valence-electron chi connectivity index (χ3n) is 3.41. The molecule has 21 heavy (non-hydrogen) atoms. The Morgan fingerprint density at radius 2 is 1.95 bits per heavy atom. The number of hydrogen-bond acceptors (Lipinski definition) is 3. The molecule has 0 aliphatic carbocycles. The van der Waals surface area contributed by atoms with Gasteiger partial charge in [-0.3, -0.25) is 0 Å². The second-order valence-electron chi connectivity index (χ2n) is 4.74. The van der Waals surface area contributed by atoms with Gasteiger partial charge in [-0.1, -0.05) is 36.9 Å². The zero-order valence-electron chi connectivity index (χ0n) is 12.0. The zero-order valence-corrected chi connectivity index (χ0v) is 12.8. The van der Waals surface area contributed by atoms with Crippen molar-refractivity contribution in [3.05, 3.63) is 72.0 Å². The van der Waals surface area contributed by atoms with E-state index in [1.807, 2.05) is 43.3 Å². The van der Waals surface area contributed by atoms with Crippen LogP contribution in [0.2, 0.25) is 0 Å². The Labute approximate surface area is 125 Å². The molecule has 0 aliphatic rings. The molecule has 0 N–H and O–H groups in total. The van der Waals surface area contributed by atoms with Crippen LogP contribution in [0.15, 0.2) is 65.1 Å². The Hall–Kier alpha value is -1.85. The van der Waals surface area contributed by atoms with Crippen molar-refractivity contribution in [3.63, 3.8) is 0 Å². The van der Waals surface area contributed by atoms with Gasteiger partial charge in [0.2, 0.25) is 10.0 Å². The van der Waals surface area contributed by atoms with Crippen LogP contribution in [0.4, 0.5) is 0 Å². The van der Waals surface area contributed by atoms with Gasteiger partial charge in [0.1, 0.15) is 5.76 Å². The lowest BCUT2D eigenvalue weighted by atomic mass is 10.1. The SMILES string of the molecule is C=CS(=O)(=O)N(CCc1ccco1)[C@@H](C)c1ccccc1. The van der Waals surface area contributed by atoms with Gasteiger partial charge in [-0.15, -0.1) is 0 Å². The van der Waals surface area contributed by atoms with E-state index < -0.39 is 10.0 Å². The average Bonchev–Trinajstić information content (AvgIpc) is 3.01. The molecule has 1 aromatic carbocycles. The first-order valence-corrected chi connectivity index (χ1v) is 8.26. The highest BCUT2D eigenvalue weighted by atomic mass is 32.2. The summed E-state index contributed by atoms with van der Waals surface area (Å²) in [4.78, 5) is 0. The lowest BCUT2D eigenvalue weighted by molar-refractivity contribution is 0.340. The Balaban J connectivity index is 2.22. The van der Waals surface area contributed by atoms with Crippen molar-refractivity contribution in [2.75, 3.05) is 6.54 Å². The summed E-state index contributed by atoms with van der Waals surface area (Å²) in [5, 5.41) is 0.995.